The van der Waals surface area contributed by atoms with Gasteiger partial charge in [-0.2, -0.15) is 0 Å². The van der Waals surface area contributed by atoms with E-state index in [4.69, 9.17) is 4.74 Å². The second-order valence-corrected chi connectivity index (χ2v) is 5.64. The van der Waals surface area contributed by atoms with Crippen molar-refractivity contribution < 1.29 is 9.84 Å². The average molecular weight is 314 g/mol. The zero-order valence-electron chi connectivity index (χ0n) is 10.4. The van der Waals surface area contributed by atoms with Crippen LogP contribution in [0.15, 0.2) is 28.7 Å². The zero-order chi connectivity index (χ0) is 12.8. The molecule has 0 unspecified atom stereocenters. The van der Waals surface area contributed by atoms with E-state index in [0.717, 1.165) is 10.2 Å². The van der Waals surface area contributed by atoms with Crippen LogP contribution in [0.25, 0.3) is 0 Å². The van der Waals surface area contributed by atoms with Crippen LogP contribution < -0.4 is 10.1 Å². The molecule has 1 saturated carbocycles. The van der Waals surface area contributed by atoms with E-state index in [-0.39, 0.29) is 0 Å². The summed E-state index contributed by atoms with van der Waals surface area (Å²) in [6.07, 6.45) is 4.62. The van der Waals surface area contributed by atoms with Crippen LogP contribution in [-0.2, 0) is 0 Å². The molecule has 2 N–H and O–H groups in total. The second kappa shape index (κ2) is 7.12. The molecule has 3 nitrogen and oxygen atoms in total. The van der Waals surface area contributed by atoms with Crippen LogP contribution in [-0.4, -0.2) is 30.4 Å². The van der Waals surface area contributed by atoms with Crippen molar-refractivity contribution in [2.24, 2.45) is 0 Å². The van der Waals surface area contributed by atoms with Gasteiger partial charge in [0, 0.05) is 12.6 Å². The Morgan fingerprint density at radius 1 is 1.33 bits per heavy atom. The van der Waals surface area contributed by atoms with Crippen molar-refractivity contribution in [3.8, 4) is 5.75 Å². The van der Waals surface area contributed by atoms with Crippen molar-refractivity contribution in [1.82, 2.24) is 5.32 Å². The molecule has 0 heterocycles. The minimum atomic E-state index is -0.460. The Hall–Kier alpha value is -0.580. The minimum absolute atomic E-state index is 0.322. The van der Waals surface area contributed by atoms with E-state index in [1.165, 1.54) is 25.7 Å². The van der Waals surface area contributed by atoms with Gasteiger partial charge >= 0.3 is 0 Å². The molecule has 1 aromatic rings. The van der Waals surface area contributed by atoms with Crippen LogP contribution in [0.1, 0.15) is 25.7 Å². The quantitative estimate of drug-likeness (QED) is 0.848. The Kier molecular flexibility index (Phi) is 5.47. The molecule has 1 aromatic carbocycles. The summed E-state index contributed by atoms with van der Waals surface area (Å²) in [4.78, 5) is 0. The lowest BCUT2D eigenvalue weighted by Gasteiger charge is -2.17. The van der Waals surface area contributed by atoms with Crippen LogP contribution in [0.3, 0.4) is 0 Å². The summed E-state index contributed by atoms with van der Waals surface area (Å²) in [5.74, 6) is 0.775. The standard InChI is InChI=1S/C14H20BrNO2/c15-13-7-3-4-8-14(13)18-10-12(17)9-16-11-5-1-2-6-11/h3-4,7-8,11-12,16-17H,1-2,5-6,9-10H2/t12-/m0/s1. The second-order valence-electron chi connectivity index (χ2n) is 4.78. The Balaban J connectivity index is 1.68. The normalized spacial score (nSPS) is 17.9. The fraction of sp³-hybridized carbons (Fsp3) is 0.571. The van der Waals surface area contributed by atoms with E-state index in [2.05, 4.69) is 21.2 Å². The van der Waals surface area contributed by atoms with Gasteiger partial charge in [0.15, 0.2) is 0 Å². The highest BCUT2D eigenvalue weighted by atomic mass is 79.9. The number of hydrogen-bond donors (Lipinski definition) is 2. The first-order valence-corrected chi connectivity index (χ1v) is 7.34. The highest BCUT2D eigenvalue weighted by Gasteiger charge is 2.15. The molecule has 0 aromatic heterocycles. The fourth-order valence-corrected chi connectivity index (χ4v) is 2.64. The predicted octanol–water partition coefficient (Wildman–Crippen LogP) is 2.72. The molecule has 0 spiro atoms. The number of aliphatic hydroxyl groups excluding tert-OH is 1. The summed E-state index contributed by atoms with van der Waals surface area (Å²) in [5.41, 5.74) is 0. The zero-order valence-corrected chi connectivity index (χ0v) is 12.0. The lowest BCUT2D eigenvalue weighted by molar-refractivity contribution is 0.103. The van der Waals surface area contributed by atoms with Gasteiger partial charge in [-0.1, -0.05) is 25.0 Å². The van der Waals surface area contributed by atoms with Gasteiger partial charge in [-0.3, -0.25) is 0 Å². The molecule has 0 radical (unpaired) electrons. The maximum atomic E-state index is 9.86. The van der Waals surface area contributed by atoms with Gasteiger partial charge in [0.05, 0.1) is 4.47 Å². The fourth-order valence-electron chi connectivity index (χ4n) is 2.24. The molecule has 0 saturated heterocycles. The maximum absolute atomic E-state index is 9.86. The largest absolute Gasteiger partial charge is 0.490 e. The molecule has 4 heteroatoms. The lowest BCUT2D eigenvalue weighted by atomic mass is 10.2. The van der Waals surface area contributed by atoms with Gasteiger partial charge in [0.2, 0.25) is 0 Å². The third-order valence-electron chi connectivity index (χ3n) is 3.27. The molecule has 0 bridgehead atoms. The van der Waals surface area contributed by atoms with E-state index >= 15 is 0 Å². The van der Waals surface area contributed by atoms with E-state index in [1.807, 2.05) is 24.3 Å². The van der Waals surface area contributed by atoms with Gasteiger partial charge in [0.25, 0.3) is 0 Å². The van der Waals surface area contributed by atoms with Crippen molar-refractivity contribution >= 4 is 15.9 Å². The molecular weight excluding hydrogens is 294 g/mol. The van der Waals surface area contributed by atoms with Gasteiger partial charge in [0.1, 0.15) is 18.5 Å². The molecule has 1 aliphatic rings. The average Bonchev–Trinajstić information content (AvgIpc) is 2.88. The van der Waals surface area contributed by atoms with Gasteiger partial charge in [-0.15, -0.1) is 0 Å². The Morgan fingerprint density at radius 3 is 2.78 bits per heavy atom. The Labute approximate surface area is 117 Å². The molecule has 0 amide bonds. The number of halogens is 1. The van der Waals surface area contributed by atoms with Gasteiger partial charge in [-0.05, 0) is 40.9 Å². The van der Waals surface area contributed by atoms with Crippen molar-refractivity contribution in [2.75, 3.05) is 13.2 Å². The first kappa shape index (κ1) is 13.8. The van der Waals surface area contributed by atoms with Gasteiger partial charge in [-0.25, -0.2) is 0 Å². The Bertz CT molecular complexity index is 367. The maximum Gasteiger partial charge on any atom is 0.133 e. The molecule has 2 rings (SSSR count). The highest BCUT2D eigenvalue weighted by molar-refractivity contribution is 9.10. The smallest absolute Gasteiger partial charge is 0.133 e. The topological polar surface area (TPSA) is 41.5 Å². The van der Waals surface area contributed by atoms with Crippen LogP contribution in [0, 0.1) is 0 Å². The van der Waals surface area contributed by atoms with Crippen LogP contribution in [0.2, 0.25) is 0 Å². The van der Waals surface area contributed by atoms with Crippen molar-refractivity contribution in [3.05, 3.63) is 28.7 Å². The van der Waals surface area contributed by atoms with E-state index in [1.54, 1.807) is 0 Å². The summed E-state index contributed by atoms with van der Waals surface area (Å²) in [7, 11) is 0. The van der Waals surface area contributed by atoms with Crippen LogP contribution in [0.5, 0.6) is 5.75 Å². The molecule has 18 heavy (non-hydrogen) atoms. The molecule has 1 fully saturated rings. The third-order valence-corrected chi connectivity index (χ3v) is 3.92. The molecular formula is C14H20BrNO2. The summed E-state index contributed by atoms with van der Waals surface area (Å²) < 4.78 is 6.49. The van der Waals surface area contributed by atoms with Crippen LogP contribution >= 0.6 is 15.9 Å². The number of nitrogens with one attached hydrogen (secondary N) is 1. The SMILES string of the molecule is O[C@@H](CNC1CCCC1)COc1ccccc1Br. The first-order valence-electron chi connectivity index (χ1n) is 6.54. The predicted molar refractivity (Wildman–Crippen MR) is 75.9 cm³/mol. The summed E-state index contributed by atoms with van der Waals surface area (Å²) in [5, 5.41) is 13.2. The number of hydrogen-bond acceptors (Lipinski definition) is 3. The number of aliphatic hydroxyl groups is 1. The number of rotatable bonds is 6. The Morgan fingerprint density at radius 2 is 2.06 bits per heavy atom. The van der Waals surface area contributed by atoms with Crippen molar-refractivity contribution in [3.63, 3.8) is 0 Å². The van der Waals surface area contributed by atoms with E-state index in [0.29, 0.717) is 19.2 Å². The van der Waals surface area contributed by atoms with E-state index in [9.17, 15) is 5.11 Å². The number of benzene rings is 1. The molecule has 100 valence electrons. The monoisotopic (exact) mass is 313 g/mol. The van der Waals surface area contributed by atoms with Gasteiger partial charge < -0.3 is 15.2 Å². The number of para-hydroxylation sites is 1. The van der Waals surface area contributed by atoms with E-state index < -0.39 is 6.10 Å². The highest BCUT2D eigenvalue weighted by Crippen LogP contribution is 2.23. The molecule has 1 aliphatic carbocycles. The van der Waals surface area contributed by atoms with Crippen molar-refractivity contribution in [1.29, 1.82) is 0 Å². The molecule has 0 aliphatic heterocycles. The number of ether oxygens (including phenoxy) is 1. The van der Waals surface area contributed by atoms with Crippen LogP contribution in [0.4, 0.5) is 0 Å². The minimum Gasteiger partial charge on any atom is -0.490 e. The molecule has 1 atom stereocenters. The summed E-state index contributed by atoms with van der Waals surface area (Å²) in [6, 6.07) is 8.26. The lowest BCUT2D eigenvalue weighted by Crippen LogP contribution is -2.36. The third kappa shape index (κ3) is 4.26. The summed E-state index contributed by atoms with van der Waals surface area (Å²) >= 11 is 3.42. The van der Waals surface area contributed by atoms with Crippen molar-refractivity contribution in [2.45, 2.75) is 37.8 Å². The first-order chi connectivity index (χ1) is 8.75. The summed E-state index contributed by atoms with van der Waals surface area (Å²) in [6.45, 7) is 0.928.